The maximum atomic E-state index is 12.1. The van der Waals surface area contributed by atoms with Gasteiger partial charge in [0.25, 0.3) is 5.91 Å². The van der Waals surface area contributed by atoms with Gasteiger partial charge in [-0.25, -0.2) is 0 Å². The van der Waals surface area contributed by atoms with Crippen LogP contribution in [0.3, 0.4) is 0 Å². The fourth-order valence-corrected chi connectivity index (χ4v) is 2.80. The van der Waals surface area contributed by atoms with Gasteiger partial charge < -0.3 is 15.0 Å². The molecule has 1 N–H and O–H groups in total. The molecule has 1 aliphatic rings. The molecule has 132 valence electrons. The zero-order valence-electron chi connectivity index (χ0n) is 14.6. The van der Waals surface area contributed by atoms with Crippen molar-refractivity contribution in [3.05, 3.63) is 47.7 Å². The first-order valence-electron chi connectivity index (χ1n) is 8.79. The predicted octanol–water partition coefficient (Wildman–Crippen LogP) is 2.58. The van der Waals surface area contributed by atoms with Gasteiger partial charge in [0.1, 0.15) is 12.4 Å². The molecule has 2 aromatic rings. The van der Waals surface area contributed by atoms with Gasteiger partial charge in [0.15, 0.2) is 11.5 Å². The molecule has 0 spiro atoms. The summed E-state index contributed by atoms with van der Waals surface area (Å²) in [6.07, 6.45) is 3.64. The monoisotopic (exact) mass is 340 g/mol. The van der Waals surface area contributed by atoms with Gasteiger partial charge in [0.2, 0.25) is 0 Å². The molecule has 0 atom stereocenters. The van der Waals surface area contributed by atoms with Gasteiger partial charge in [-0.1, -0.05) is 17.7 Å². The van der Waals surface area contributed by atoms with Crippen LogP contribution in [0.2, 0.25) is 0 Å². The number of hydrogen-bond acceptors (Lipinski definition) is 5. The lowest BCUT2D eigenvalue weighted by Gasteiger charge is -2.27. The largest absolute Gasteiger partial charge is 0.492 e. The van der Waals surface area contributed by atoms with Crippen LogP contribution in [0, 0.1) is 6.92 Å². The maximum absolute atomic E-state index is 12.1. The summed E-state index contributed by atoms with van der Waals surface area (Å²) in [6.45, 7) is 4.88. The number of aromatic nitrogens is 2. The third kappa shape index (κ3) is 4.92. The minimum absolute atomic E-state index is 0.231. The highest BCUT2D eigenvalue weighted by atomic mass is 16.5. The molecule has 1 aromatic carbocycles. The van der Waals surface area contributed by atoms with Gasteiger partial charge in [-0.15, -0.1) is 10.2 Å². The molecular weight excluding hydrogens is 316 g/mol. The molecule has 0 radical (unpaired) electrons. The lowest BCUT2D eigenvalue weighted by molar-refractivity contribution is 0.0941. The Morgan fingerprint density at radius 2 is 1.84 bits per heavy atom. The van der Waals surface area contributed by atoms with Crippen molar-refractivity contribution in [2.75, 3.05) is 31.1 Å². The van der Waals surface area contributed by atoms with Crippen molar-refractivity contribution in [1.29, 1.82) is 0 Å². The smallest absolute Gasteiger partial charge is 0.271 e. The van der Waals surface area contributed by atoms with Crippen molar-refractivity contribution >= 4 is 11.7 Å². The number of carbonyl (C=O) groups excluding carboxylic acids is 1. The van der Waals surface area contributed by atoms with E-state index in [2.05, 4.69) is 20.4 Å². The van der Waals surface area contributed by atoms with Crippen LogP contribution in [-0.2, 0) is 0 Å². The van der Waals surface area contributed by atoms with E-state index in [-0.39, 0.29) is 5.91 Å². The number of anilines is 1. The number of piperidine rings is 1. The molecular formula is C19H24N4O2. The Labute approximate surface area is 148 Å². The predicted molar refractivity (Wildman–Crippen MR) is 97.1 cm³/mol. The van der Waals surface area contributed by atoms with E-state index in [1.54, 1.807) is 6.07 Å². The second-order valence-electron chi connectivity index (χ2n) is 6.24. The van der Waals surface area contributed by atoms with Crippen molar-refractivity contribution in [2.45, 2.75) is 26.2 Å². The SMILES string of the molecule is Cc1ccc(OCCNC(=O)c2ccc(N3CCCCC3)nn2)cc1. The quantitative estimate of drug-likeness (QED) is 0.819. The summed E-state index contributed by atoms with van der Waals surface area (Å²) in [4.78, 5) is 14.3. The number of benzene rings is 1. The maximum Gasteiger partial charge on any atom is 0.271 e. The number of hydrogen-bond donors (Lipinski definition) is 1. The lowest BCUT2D eigenvalue weighted by Crippen LogP contribution is -2.31. The van der Waals surface area contributed by atoms with E-state index in [4.69, 9.17) is 4.74 Å². The van der Waals surface area contributed by atoms with Gasteiger partial charge in [0.05, 0.1) is 6.54 Å². The fraction of sp³-hybridized carbons (Fsp3) is 0.421. The minimum Gasteiger partial charge on any atom is -0.492 e. The van der Waals surface area contributed by atoms with Crippen LogP contribution in [0.5, 0.6) is 5.75 Å². The van der Waals surface area contributed by atoms with Crippen LogP contribution in [0.1, 0.15) is 35.3 Å². The van der Waals surface area contributed by atoms with Crippen LogP contribution in [-0.4, -0.2) is 42.3 Å². The Bertz CT molecular complexity index is 680. The summed E-state index contributed by atoms with van der Waals surface area (Å²) in [7, 11) is 0. The van der Waals surface area contributed by atoms with Gasteiger partial charge in [0, 0.05) is 13.1 Å². The van der Waals surface area contributed by atoms with E-state index in [0.29, 0.717) is 18.8 Å². The molecule has 0 bridgehead atoms. The summed E-state index contributed by atoms with van der Waals surface area (Å²) in [5.74, 6) is 1.41. The second-order valence-corrected chi connectivity index (χ2v) is 6.24. The summed E-state index contributed by atoms with van der Waals surface area (Å²) < 4.78 is 5.59. The number of amides is 1. The first-order chi connectivity index (χ1) is 12.2. The molecule has 25 heavy (non-hydrogen) atoms. The first kappa shape index (κ1) is 17.2. The summed E-state index contributed by atoms with van der Waals surface area (Å²) in [5, 5.41) is 11.0. The Morgan fingerprint density at radius 1 is 1.08 bits per heavy atom. The van der Waals surface area contributed by atoms with Crippen LogP contribution < -0.4 is 15.0 Å². The summed E-state index contributed by atoms with van der Waals surface area (Å²) in [5.41, 5.74) is 1.52. The van der Waals surface area contributed by atoms with E-state index < -0.39 is 0 Å². The molecule has 0 saturated carbocycles. The Morgan fingerprint density at radius 3 is 2.52 bits per heavy atom. The Kier molecular flexibility index (Phi) is 5.82. The van der Waals surface area contributed by atoms with Crippen LogP contribution in [0.4, 0.5) is 5.82 Å². The average molecular weight is 340 g/mol. The van der Waals surface area contributed by atoms with Crippen molar-refractivity contribution < 1.29 is 9.53 Å². The van der Waals surface area contributed by atoms with E-state index in [1.807, 2.05) is 37.3 Å². The third-order valence-electron chi connectivity index (χ3n) is 4.24. The molecule has 1 fully saturated rings. The molecule has 1 aliphatic heterocycles. The zero-order valence-corrected chi connectivity index (χ0v) is 14.6. The highest BCUT2D eigenvalue weighted by Crippen LogP contribution is 2.16. The van der Waals surface area contributed by atoms with E-state index in [1.165, 1.54) is 24.8 Å². The van der Waals surface area contributed by atoms with Crippen molar-refractivity contribution in [3.8, 4) is 5.75 Å². The van der Waals surface area contributed by atoms with Gasteiger partial charge in [-0.3, -0.25) is 4.79 Å². The standard InChI is InChI=1S/C19H24N4O2/c1-15-5-7-16(8-6-15)25-14-11-20-19(24)17-9-10-18(22-21-17)23-12-3-2-4-13-23/h5-10H,2-4,11-14H2,1H3,(H,20,24). The van der Waals surface area contributed by atoms with Gasteiger partial charge >= 0.3 is 0 Å². The highest BCUT2D eigenvalue weighted by Gasteiger charge is 2.14. The number of ether oxygens (including phenoxy) is 1. The Balaban J connectivity index is 1.43. The van der Waals surface area contributed by atoms with E-state index >= 15 is 0 Å². The topological polar surface area (TPSA) is 67.3 Å². The molecule has 1 saturated heterocycles. The summed E-state index contributed by atoms with van der Waals surface area (Å²) in [6, 6.07) is 11.4. The van der Waals surface area contributed by atoms with Gasteiger partial charge in [-0.05, 0) is 50.5 Å². The zero-order chi connectivity index (χ0) is 17.5. The first-order valence-corrected chi connectivity index (χ1v) is 8.79. The number of nitrogens with zero attached hydrogens (tertiary/aromatic N) is 3. The highest BCUT2D eigenvalue weighted by molar-refractivity contribution is 5.92. The van der Waals surface area contributed by atoms with Crippen molar-refractivity contribution in [1.82, 2.24) is 15.5 Å². The lowest BCUT2D eigenvalue weighted by atomic mass is 10.1. The second kappa shape index (κ2) is 8.46. The molecule has 6 heteroatoms. The van der Waals surface area contributed by atoms with Gasteiger partial charge in [-0.2, -0.15) is 0 Å². The molecule has 1 amide bonds. The minimum atomic E-state index is -0.231. The number of carbonyl (C=O) groups is 1. The molecule has 3 rings (SSSR count). The number of nitrogens with one attached hydrogen (secondary N) is 1. The molecule has 1 aromatic heterocycles. The Hall–Kier alpha value is -2.63. The van der Waals surface area contributed by atoms with Crippen molar-refractivity contribution in [2.24, 2.45) is 0 Å². The molecule has 2 heterocycles. The molecule has 0 aliphatic carbocycles. The normalized spacial score (nSPS) is 14.2. The van der Waals surface area contributed by atoms with Crippen LogP contribution in [0.15, 0.2) is 36.4 Å². The molecule has 0 unspecified atom stereocenters. The summed E-state index contributed by atoms with van der Waals surface area (Å²) >= 11 is 0. The average Bonchev–Trinajstić information content (AvgIpc) is 2.67. The molecule has 6 nitrogen and oxygen atoms in total. The third-order valence-corrected chi connectivity index (χ3v) is 4.24. The van der Waals surface area contributed by atoms with E-state index in [0.717, 1.165) is 24.7 Å². The number of rotatable bonds is 6. The number of aryl methyl sites for hydroxylation is 1. The van der Waals surface area contributed by atoms with E-state index in [9.17, 15) is 4.79 Å². The van der Waals surface area contributed by atoms with Crippen molar-refractivity contribution in [3.63, 3.8) is 0 Å². The van der Waals surface area contributed by atoms with Crippen LogP contribution in [0.25, 0.3) is 0 Å². The van der Waals surface area contributed by atoms with Crippen LogP contribution >= 0.6 is 0 Å². The fourth-order valence-electron chi connectivity index (χ4n) is 2.80.